The van der Waals surface area contributed by atoms with Gasteiger partial charge in [-0.25, -0.2) is 0 Å². The minimum atomic E-state index is -0.855. The summed E-state index contributed by atoms with van der Waals surface area (Å²) in [5, 5.41) is 14.4. The number of rotatable bonds is 6. The van der Waals surface area contributed by atoms with Crippen LogP contribution in [0.2, 0.25) is 5.02 Å². The Labute approximate surface area is 210 Å². The minimum Gasteiger partial charge on any atom is -0.493 e. The van der Waals surface area contributed by atoms with Crippen molar-refractivity contribution in [1.82, 2.24) is 5.32 Å². The molecule has 0 bridgehead atoms. The molecule has 35 heavy (non-hydrogen) atoms. The third-order valence-corrected chi connectivity index (χ3v) is 6.91. The Morgan fingerprint density at radius 3 is 2.31 bits per heavy atom. The number of aliphatic hydroxyl groups is 1. The third-order valence-electron chi connectivity index (χ3n) is 6.65. The van der Waals surface area contributed by atoms with Gasteiger partial charge in [0, 0.05) is 23.8 Å². The summed E-state index contributed by atoms with van der Waals surface area (Å²) in [6.45, 7) is 4.99. The number of amides is 1. The van der Waals surface area contributed by atoms with Crippen LogP contribution in [0.25, 0.3) is 0 Å². The molecule has 1 fully saturated rings. The van der Waals surface area contributed by atoms with Gasteiger partial charge in [-0.3, -0.25) is 4.79 Å². The van der Waals surface area contributed by atoms with Crippen LogP contribution in [0.3, 0.4) is 0 Å². The van der Waals surface area contributed by atoms with Crippen LogP contribution < -0.4 is 19.7 Å². The molecule has 0 aliphatic carbocycles. The largest absolute Gasteiger partial charge is 0.493 e. The minimum absolute atomic E-state index is 0.0196. The summed E-state index contributed by atoms with van der Waals surface area (Å²) in [5.74, 6) is 1.23. The number of β-amino-alcohol motifs (C(OH)–C–C–N with tert-alkyl or cyclic N) is 1. The number of nitrogens with one attached hydrogen (secondary N) is 1. The second-order valence-corrected chi connectivity index (χ2v) is 9.88. The zero-order valence-electron chi connectivity index (χ0n) is 20.0. The number of hydrogen-bond donors (Lipinski definition) is 2. The van der Waals surface area contributed by atoms with Gasteiger partial charge in [-0.15, -0.1) is 0 Å². The Morgan fingerprint density at radius 1 is 1.06 bits per heavy atom. The van der Waals surface area contributed by atoms with E-state index in [2.05, 4.69) is 5.32 Å². The second-order valence-electron chi connectivity index (χ2n) is 9.45. The third kappa shape index (κ3) is 4.38. The summed E-state index contributed by atoms with van der Waals surface area (Å²) >= 11 is 6.19. The Morgan fingerprint density at radius 2 is 1.74 bits per heavy atom. The lowest BCUT2D eigenvalue weighted by atomic mass is 9.86. The molecule has 1 amide bonds. The van der Waals surface area contributed by atoms with Crippen LogP contribution in [0.5, 0.6) is 11.5 Å². The summed E-state index contributed by atoms with van der Waals surface area (Å²) in [6, 6.07) is 18.7. The van der Waals surface area contributed by atoms with E-state index in [4.69, 9.17) is 21.1 Å². The molecule has 2 heterocycles. The number of carbonyl (C=O) groups excluding carboxylic acids is 1. The predicted molar refractivity (Wildman–Crippen MR) is 136 cm³/mol. The van der Waals surface area contributed by atoms with E-state index in [1.807, 2.05) is 79.4 Å². The van der Waals surface area contributed by atoms with Crippen molar-refractivity contribution in [3.05, 3.63) is 87.9 Å². The zero-order valence-corrected chi connectivity index (χ0v) is 20.8. The Balaban J connectivity index is 1.63. The van der Waals surface area contributed by atoms with Crippen LogP contribution in [0.1, 0.15) is 42.1 Å². The van der Waals surface area contributed by atoms with Crippen LogP contribution in [0, 0.1) is 0 Å². The molecule has 3 aromatic carbocycles. The molecule has 0 unspecified atom stereocenters. The summed E-state index contributed by atoms with van der Waals surface area (Å²) in [6.07, 6.45) is 0.212. The molecule has 0 aromatic heterocycles. The van der Waals surface area contributed by atoms with Crippen LogP contribution >= 0.6 is 11.6 Å². The SMILES string of the molecule is COc1cc2c(cc1OC(C)C)[C@H](c1ccc(Cl)cc1)N(c1ccc(C3(O)CNC3)cc1)C(=O)C2. The average molecular weight is 493 g/mol. The highest BCUT2D eigenvalue weighted by Crippen LogP contribution is 2.44. The fraction of sp³-hybridized carbons (Fsp3) is 0.321. The maximum atomic E-state index is 13.6. The molecule has 0 radical (unpaired) electrons. The molecular weight excluding hydrogens is 464 g/mol. The molecule has 2 N–H and O–H groups in total. The van der Waals surface area contributed by atoms with E-state index in [9.17, 15) is 9.90 Å². The van der Waals surface area contributed by atoms with Crippen LogP contribution in [-0.2, 0) is 16.8 Å². The molecule has 5 rings (SSSR count). The van der Waals surface area contributed by atoms with Crippen molar-refractivity contribution in [2.45, 2.75) is 38.0 Å². The quantitative estimate of drug-likeness (QED) is 0.526. The molecule has 182 valence electrons. The molecular formula is C28H29ClN2O4. The van der Waals surface area contributed by atoms with E-state index in [1.165, 1.54) is 0 Å². The molecule has 3 aromatic rings. The van der Waals surface area contributed by atoms with Gasteiger partial charge >= 0.3 is 0 Å². The predicted octanol–water partition coefficient (Wildman–Crippen LogP) is 4.61. The standard InChI is InChI=1S/C28H29ClN2O4/c1-17(2)35-25-14-23-19(12-24(25)34-3)13-26(32)31(27(23)18-4-8-21(29)9-5-18)22-10-6-20(7-11-22)28(33)15-30-16-28/h4-12,14,17,27,30,33H,13,15-16H2,1-3H3/t27-/m0/s1. The molecule has 0 saturated carbocycles. The Bertz CT molecular complexity index is 1240. The number of benzene rings is 3. The molecule has 7 heteroatoms. The lowest BCUT2D eigenvalue weighted by Crippen LogP contribution is -2.56. The van der Waals surface area contributed by atoms with Gasteiger partial charge in [0.25, 0.3) is 0 Å². The van der Waals surface area contributed by atoms with Crippen molar-refractivity contribution in [2.24, 2.45) is 0 Å². The van der Waals surface area contributed by atoms with Gasteiger partial charge in [0.15, 0.2) is 11.5 Å². The van der Waals surface area contributed by atoms with Gasteiger partial charge in [-0.05, 0) is 72.5 Å². The molecule has 2 aliphatic rings. The number of nitrogens with zero attached hydrogens (tertiary/aromatic N) is 1. The fourth-order valence-corrected chi connectivity index (χ4v) is 4.95. The van der Waals surface area contributed by atoms with E-state index < -0.39 is 5.60 Å². The zero-order chi connectivity index (χ0) is 24.7. The normalized spacial score (nSPS) is 18.7. The highest BCUT2D eigenvalue weighted by atomic mass is 35.5. The van der Waals surface area contributed by atoms with E-state index >= 15 is 0 Å². The lowest BCUT2D eigenvalue weighted by molar-refractivity contribution is -0.118. The van der Waals surface area contributed by atoms with E-state index in [0.29, 0.717) is 29.6 Å². The van der Waals surface area contributed by atoms with E-state index in [1.54, 1.807) is 7.11 Å². The van der Waals surface area contributed by atoms with Crippen molar-refractivity contribution < 1.29 is 19.4 Å². The van der Waals surface area contributed by atoms with Crippen molar-refractivity contribution in [1.29, 1.82) is 0 Å². The molecule has 1 atom stereocenters. The van der Waals surface area contributed by atoms with Gasteiger partial charge in [0.05, 0.1) is 25.7 Å². The van der Waals surface area contributed by atoms with Gasteiger partial charge in [0.1, 0.15) is 5.60 Å². The van der Waals surface area contributed by atoms with Crippen molar-refractivity contribution >= 4 is 23.2 Å². The van der Waals surface area contributed by atoms with Crippen molar-refractivity contribution in [3.63, 3.8) is 0 Å². The van der Waals surface area contributed by atoms with E-state index in [0.717, 1.165) is 27.9 Å². The van der Waals surface area contributed by atoms with Crippen molar-refractivity contribution in [3.8, 4) is 11.5 Å². The summed E-state index contributed by atoms with van der Waals surface area (Å²) < 4.78 is 11.6. The first kappa shape index (κ1) is 23.7. The smallest absolute Gasteiger partial charge is 0.232 e. The molecule has 2 aliphatic heterocycles. The number of hydrogen-bond acceptors (Lipinski definition) is 5. The maximum Gasteiger partial charge on any atom is 0.232 e. The molecule has 0 spiro atoms. The number of fused-ring (bicyclic) bond motifs is 1. The number of anilines is 1. The summed E-state index contributed by atoms with van der Waals surface area (Å²) in [7, 11) is 1.61. The highest BCUT2D eigenvalue weighted by Gasteiger charge is 2.38. The van der Waals surface area contributed by atoms with Crippen LogP contribution in [0.4, 0.5) is 5.69 Å². The number of halogens is 1. The van der Waals surface area contributed by atoms with Crippen LogP contribution in [0.15, 0.2) is 60.7 Å². The van der Waals surface area contributed by atoms with E-state index in [-0.39, 0.29) is 24.5 Å². The van der Waals surface area contributed by atoms with Gasteiger partial charge in [-0.1, -0.05) is 35.9 Å². The number of carbonyl (C=O) groups is 1. The molecule has 6 nitrogen and oxygen atoms in total. The first-order valence-electron chi connectivity index (χ1n) is 11.8. The molecule has 1 saturated heterocycles. The average Bonchev–Trinajstić information content (AvgIpc) is 2.82. The number of ether oxygens (including phenoxy) is 2. The Kier molecular flexibility index (Phi) is 6.21. The van der Waals surface area contributed by atoms with Gasteiger partial charge in [0.2, 0.25) is 5.91 Å². The summed E-state index contributed by atoms with van der Waals surface area (Å²) in [5.41, 5.74) is 3.58. The fourth-order valence-electron chi connectivity index (χ4n) is 4.83. The highest BCUT2D eigenvalue weighted by molar-refractivity contribution is 6.30. The van der Waals surface area contributed by atoms with Crippen molar-refractivity contribution in [2.75, 3.05) is 25.1 Å². The topological polar surface area (TPSA) is 71.0 Å². The summed E-state index contributed by atoms with van der Waals surface area (Å²) in [4.78, 5) is 15.4. The number of methoxy groups -OCH3 is 1. The van der Waals surface area contributed by atoms with Gasteiger partial charge < -0.3 is 24.8 Å². The lowest BCUT2D eigenvalue weighted by Gasteiger charge is -2.40. The first-order chi connectivity index (χ1) is 16.8. The monoisotopic (exact) mass is 492 g/mol. The second kappa shape index (κ2) is 9.19. The first-order valence-corrected chi connectivity index (χ1v) is 12.2. The maximum absolute atomic E-state index is 13.6. The van der Waals surface area contributed by atoms with Gasteiger partial charge in [-0.2, -0.15) is 0 Å². The van der Waals surface area contributed by atoms with Crippen LogP contribution in [-0.4, -0.2) is 37.3 Å². The Hall–Kier alpha value is -3.06.